The molecule has 0 bridgehead atoms. The molecular formula is C26H22N2O6. The fraction of sp³-hybridized carbons (Fsp3) is 0.231. The Bertz CT molecular complexity index is 1440. The Morgan fingerprint density at radius 1 is 0.706 bits per heavy atom. The van der Waals surface area contributed by atoms with Crippen LogP contribution < -0.4 is 11.3 Å². The van der Waals surface area contributed by atoms with Crippen LogP contribution in [0.5, 0.6) is 0 Å². The van der Waals surface area contributed by atoms with E-state index in [1.165, 1.54) is 0 Å². The first-order valence-electron chi connectivity index (χ1n) is 11.0. The van der Waals surface area contributed by atoms with Crippen LogP contribution in [0.25, 0.3) is 21.9 Å². The number of piperazine rings is 1. The summed E-state index contributed by atoms with van der Waals surface area (Å²) in [6.45, 7) is 4.01. The van der Waals surface area contributed by atoms with Crippen molar-refractivity contribution >= 4 is 33.8 Å². The number of para-hydroxylation sites is 2. The third-order valence-electron chi connectivity index (χ3n) is 6.25. The molecule has 1 fully saturated rings. The molecule has 8 heteroatoms. The second-order valence-corrected chi connectivity index (χ2v) is 8.58. The van der Waals surface area contributed by atoms with Crippen LogP contribution in [0.1, 0.15) is 34.6 Å². The quantitative estimate of drug-likeness (QED) is 0.428. The molecule has 0 radical (unpaired) electrons. The van der Waals surface area contributed by atoms with Gasteiger partial charge in [-0.15, -0.1) is 0 Å². The van der Waals surface area contributed by atoms with Crippen molar-refractivity contribution in [1.29, 1.82) is 0 Å². The van der Waals surface area contributed by atoms with Gasteiger partial charge in [-0.1, -0.05) is 36.4 Å². The molecule has 172 valence electrons. The molecule has 2 aromatic heterocycles. The van der Waals surface area contributed by atoms with Gasteiger partial charge in [0.25, 0.3) is 11.8 Å². The maximum Gasteiger partial charge on any atom is 0.349 e. The van der Waals surface area contributed by atoms with Gasteiger partial charge >= 0.3 is 11.3 Å². The fourth-order valence-corrected chi connectivity index (χ4v) is 4.42. The SMILES string of the molecule is CC1CN(C(=O)c2cc3ccccc3oc2=O)C(C)CN1C(=O)c1cc2ccccc2oc1=O. The highest BCUT2D eigenvalue weighted by Gasteiger charge is 2.37. The van der Waals surface area contributed by atoms with Crippen molar-refractivity contribution in [2.24, 2.45) is 0 Å². The third kappa shape index (κ3) is 3.67. The molecule has 2 unspecified atom stereocenters. The van der Waals surface area contributed by atoms with E-state index in [1.807, 2.05) is 0 Å². The predicted molar refractivity (Wildman–Crippen MR) is 126 cm³/mol. The van der Waals surface area contributed by atoms with Gasteiger partial charge in [0.1, 0.15) is 22.3 Å². The summed E-state index contributed by atoms with van der Waals surface area (Å²) in [5.74, 6) is -0.896. The smallest absolute Gasteiger partial charge is 0.349 e. The van der Waals surface area contributed by atoms with Crippen LogP contribution in [-0.2, 0) is 0 Å². The van der Waals surface area contributed by atoms with Crippen LogP contribution >= 0.6 is 0 Å². The first-order chi connectivity index (χ1) is 16.3. The summed E-state index contributed by atoms with van der Waals surface area (Å²) in [6.07, 6.45) is 0. The molecule has 0 spiro atoms. The molecule has 1 aliphatic rings. The Balaban J connectivity index is 1.41. The van der Waals surface area contributed by atoms with Crippen LogP contribution in [0, 0.1) is 0 Å². The minimum atomic E-state index is -0.698. The number of hydrogen-bond donors (Lipinski definition) is 0. The van der Waals surface area contributed by atoms with Crippen molar-refractivity contribution in [1.82, 2.24) is 9.80 Å². The average Bonchev–Trinajstić information content (AvgIpc) is 2.83. The summed E-state index contributed by atoms with van der Waals surface area (Å²) in [4.78, 5) is 54.6. The zero-order valence-corrected chi connectivity index (χ0v) is 18.7. The largest absolute Gasteiger partial charge is 0.422 e. The molecule has 2 atom stereocenters. The number of hydrogen-bond acceptors (Lipinski definition) is 6. The van der Waals surface area contributed by atoms with Gasteiger partial charge in [-0.25, -0.2) is 9.59 Å². The highest BCUT2D eigenvalue weighted by molar-refractivity contribution is 5.98. The van der Waals surface area contributed by atoms with Crippen molar-refractivity contribution in [2.45, 2.75) is 25.9 Å². The van der Waals surface area contributed by atoms with Gasteiger partial charge in [-0.3, -0.25) is 9.59 Å². The van der Waals surface area contributed by atoms with Gasteiger partial charge in [0.05, 0.1) is 0 Å². The summed E-state index contributed by atoms with van der Waals surface area (Å²) in [7, 11) is 0. The Morgan fingerprint density at radius 2 is 1.09 bits per heavy atom. The van der Waals surface area contributed by atoms with Crippen molar-refractivity contribution in [3.05, 3.63) is 92.6 Å². The predicted octanol–water partition coefficient (Wildman–Crippen LogP) is 3.27. The Hall–Kier alpha value is -4.20. The summed E-state index contributed by atoms with van der Waals surface area (Å²) in [6, 6.07) is 16.3. The molecule has 8 nitrogen and oxygen atoms in total. The van der Waals surface area contributed by atoms with E-state index in [2.05, 4.69) is 0 Å². The van der Waals surface area contributed by atoms with Crippen LogP contribution in [-0.4, -0.2) is 46.8 Å². The number of nitrogens with zero attached hydrogens (tertiary/aromatic N) is 2. The van der Waals surface area contributed by atoms with Gasteiger partial charge in [-0.05, 0) is 38.1 Å². The van der Waals surface area contributed by atoms with Crippen molar-refractivity contribution in [3.63, 3.8) is 0 Å². The van der Waals surface area contributed by atoms with Crippen LogP contribution in [0.3, 0.4) is 0 Å². The molecule has 0 aliphatic carbocycles. The zero-order valence-electron chi connectivity index (χ0n) is 18.7. The van der Waals surface area contributed by atoms with Gasteiger partial charge in [-0.2, -0.15) is 0 Å². The zero-order chi connectivity index (χ0) is 24.0. The second-order valence-electron chi connectivity index (χ2n) is 8.58. The normalized spacial score (nSPS) is 18.4. The summed E-state index contributed by atoms with van der Waals surface area (Å²) in [5.41, 5.74) is -0.669. The third-order valence-corrected chi connectivity index (χ3v) is 6.25. The molecular weight excluding hydrogens is 436 g/mol. The Morgan fingerprint density at radius 3 is 1.50 bits per heavy atom. The summed E-state index contributed by atoms with van der Waals surface area (Å²) in [5, 5.41) is 1.31. The lowest BCUT2D eigenvalue weighted by Crippen LogP contribution is -2.60. The molecule has 2 aromatic carbocycles. The van der Waals surface area contributed by atoms with Crippen LogP contribution in [0.15, 0.2) is 79.1 Å². The lowest BCUT2D eigenvalue weighted by molar-refractivity contribution is 0.0265. The molecule has 1 aliphatic heterocycles. The standard InChI is InChI=1S/C26H22N2O6/c1-15-13-28(24(30)20-12-18-8-4-6-10-22(18)34-26(20)32)16(2)14-27(15)23(29)19-11-17-7-3-5-9-21(17)33-25(19)31/h3-12,15-16H,13-14H2,1-2H3. The molecule has 2 amide bonds. The number of rotatable bonds is 2. The molecule has 4 aromatic rings. The average molecular weight is 458 g/mol. The van der Waals surface area contributed by atoms with Gasteiger partial charge in [0.15, 0.2) is 0 Å². The summed E-state index contributed by atoms with van der Waals surface area (Å²) >= 11 is 0. The molecule has 5 rings (SSSR count). The minimum Gasteiger partial charge on any atom is -0.422 e. The number of benzene rings is 2. The molecule has 1 saturated heterocycles. The van der Waals surface area contributed by atoms with Crippen LogP contribution in [0.2, 0.25) is 0 Å². The van der Waals surface area contributed by atoms with Crippen molar-refractivity contribution in [3.8, 4) is 0 Å². The van der Waals surface area contributed by atoms with Crippen molar-refractivity contribution in [2.75, 3.05) is 13.1 Å². The van der Waals surface area contributed by atoms with E-state index < -0.39 is 23.1 Å². The molecule has 0 N–H and O–H groups in total. The maximum absolute atomic E-state index is 13.3. The van der Waals surface area contributed by atoms with E-state index in [0.717, 1.165) is 0 Å². The lowest BCUT2D eigenvalue weighted by Gasteiger charge is -2.43. The molecule has 34 heavy (non-hydrogen) atoms. The number of amides is 2. The van der Waals surface area contributed by atoms with E-state index in [-0.39, 0.29) is 36.3 Å². The van der Waals surface area contributed by atoms with E-state index in [9.17, 15) is 19.2 Å². The van der Waals surface area contributed by atoms with E-state index >= 15 is 0 Å². The van der Waals surface area contributed by atoms with E-state index in [4.69, 9.17) is 8.83 Å². The van der Waals surface area contributed by atoms with E-state index in [0.29, 0.717) is 21.9 Å². The fourth-order valence-electron chi connectivity index (χ4n) is 4.42. The number of fused-ring (bicyclic) bond motifs is 2. The van der Waals surface area contributed by atoms with Crippen LogP contribution in [0.4, 0.5) is 0 Å². The van der Waals surface area contributed by atoms with Gasteiger partial charge in [0.2, 0.25) is 0 Å². The highest BCUT2D eigenvalue weighted by Crippen LogP contribution is 2.22. The first kappa shape index (κ1) is 21.6. The van der Waals surface area contributed by atoms with Gasteiger partial charge in [0, 0.05) is 35.9 Å². The van der Waals surface area contributed by atoms with Gasteiger partial charge < -0.3 is 18.6 Å². The highest BCUT2D eigenvalue weighted by atomic mass is 16.4. The maximum atomic E-state index is 13.3. The Labute approximate surface area is 194 Å². The Kier molecular flexibility index (Phi) is 5.28. The van der Waals surface area contributed by atoms with Crippen molar-refractivity contribution < 1.29 is 18.4 Å². The number of carbonyl (C=O) groups is 2. The summed E-state index contributed by atoms with van der Waals surface area (Å²) < 4.78 is 10.6. The second kappa shape index (κ2) is 8.30. The van der Waals surface area contributed by atoms with E-state index in [1.54, 1.807) is 84.3 Å². The molecule has 0 saturated carbocycles. The number of carbonyl (C=O) groups excluding carboxylic acids is 2. The lowest BCUT2D eigenvalue weighted by atomic mass is 10.0. The minimum absolute atomic E-state index is 0.0484. The monoisotopic (exact) mass is 458 g/mol. The topological polar surface area (TPSA) is 101 Å². The first-order valence-corrected chi connectivity index (χ1v) is 11.0. The molecule has 3 heterocycles.